The van der Waals surface area contributed by atoms with Gasteiger partial charge in [0, 0.05) is 13.1 Å². The molecule has 3 N–H and O–H groups in total. The summed E-state index contributed by atoms with van der Waals surface area (Å²) in [6.07, 6.45) is 0. The van der Waals surface area contributed by atoms with Crippen LogP contribution in [0.2, 0.25) is 0 Å². The van der Waals surface area contributed by atoms with Gasteiger partial charge in [0.05, 0.1) is 20.3 Å². The second-order valence-corrected chi connectivity index (χ2v) is 6.03. The fourth-order valence-electron chi connectivity index (χ4n) is 2.58. The molecule has 0 saturated heterocycles. The normalized spacial score (nSPS) is 10.8. The average molecular weight is 499 g/mol. The molecule has 2 aromatic rings. The maximum absolute atomic E-state index is 8.89. The molecule has 0 spiro atoms. The van der Waals surface area contributed by atoms with Crippen LogP contribution in [0.5, 0.6) is 11.5 Å². The van der Waals surface area contributed by atoms with Crippen LogP contribution in [-0.2, 0) is 13.1 Å². The Labute approximate surface area is 184 Å². The second-order valence-electron chi connectivity index (χ2n) is 6.03. The summed E-state index contributed by atoms with van der Waals surface area (Å²) in [6.45, 7) is 6.37. The summed E-state index contributed by atoms with van der Waals surface area (Å²) in [7, 11) is 1.60. The van der Waals surface area contributed by atoms with Crippen LogP contribution in [0.25, 0.3) is 0 Å². The van der Waals surface area contributed by atoms with Crippen LogP contribution < -0.4 is 20.1 Å². The van der Waals surface area contributed by atoms with Crippen LogP contribution in [0.15, 0.2) is 47.5 Å². The van der Waals surface area contributed by atoms with Crippen molar-refractivity contribution in [2.24, 2.45) is 4.99 Å². The predicted octanol–water partition coefficient (Wildman–Crippen LogP) is 3.25. The molecule has 0 heterocycles. The molecular formula is C21H30IN3O3. The third-order valence-electron chi connectivity index (χ3n) is 4.05. The Morgan fingerprint density at radius 3 is 2.57 bits per heavy atom. The first kappa shape index (κ1) is 24.0. The van der Waals surface area contributed by atoms with Crippen LogP contribution >= 0.6 is 24.0 Å². The molecule has 6 nitrogen and oxygen atoms in total. The number of benzene rings is 2. The number of aliphatic hydroxyl groups is 1. The van der Waals surface area contributed by atoms with Gasteiger partial charge in [0.1, 0.15) is 6.61 Å². The molecule has 0 unspecified atom stereocenters. The van der Waals surface area contributed by atoms with Gasteiger partial charge in [-0.25, -0.2) is 4.99 Å². The molecule has 0 radical (unpaired) electrons. The molecular weight excluding hydrogens is 469 g/mol. The van der Waals surface area contributed by atoms with E-state index in [2.05, 4.69) is 34.7 Å². The fourth-order valence-corrected chi connectivity index (χ4v) is 2.58. The summed E-state index contributed by atoms with van der Waals surface area (Å²) in [6, 6.07) is 14.0. The van der Waals surface area contributed by atoms with Crippen LogP contribution in [-0.4, -0.2) is 37.9 Å². The van der Waals surface area contributed by atoms with Crippen molar-refractivity contribution in [1.82, 2.24) is 10.6 Å². The molecule has 0 bridgehead atoms. The lowest BCUT2D eigenvalue weighted by Crippen LogP contribution is -2.36. The molecule has 0 atom stereocenters. The summed E-state index contributed by atoms with van der Waals surface area (Å²) >= 11 is 0. The molecule has 0 aliphatic rings. The van der Waals surface area contributed by atoms with Crippen LogP contribution in [0, 0.1) is 6.92 Å². The van der Waals surface area contributed by atoms with E-state index < -0.39 is 0 Å². The Morgan fingerprint density at radius 1 is 1.11 bits per heavy atom. The van der Waals surface area contributed by atoms with Gasteiger partial charge in [0.25, 0.3) is 0 Å². The average Bonchev–Trinajstić information content (AvgIpc) is 2.69. The Bertz CT molecular complexity index is 753. The number of guanidine groups is 1. The summed E-state index contributed by atoms with van der Waals surface area (Å²) in [5.41, 5.74) is 3.51. The first-order chi connectivity index (χ1) is 13.2. The Kier molecular flexibility index (Phi) is 11.4. The minimum Gasteiger partial charge on any atom is -0.493 e. The number of rotatable bonds is 9. The van der Waals surface area contributed by atoms with E-state index in [9.17, 15) is 0 Å². The molecule has 154 valence electrons. The number of ether oxygens (including phenoxy) is 2. The second kappa shape index (κ2) is 13.2. The van der Waals surface area contributed by atoms with Crippen LogP contribution in [0.4, 0.5) is 0 Å². The highest BCUT2D eigenvalue weighted by Gasteiger charge is 2.06. The SMILES string of the molecule is CCNC(=NCc1ccc(OCCO)c(OC)c1)NCc1ccccc1C.I. The van der Waals surface area contributed by atoms with E-state index >= 15 is 0 Å². The van der Waals surface area contributed by atoms with Gasteiger partial charge < -0.3 is 25.2 Å². The highest BCUT2D eigenvalue weighted by Crippen LogP contribution is 2.28. The van der Waals surface area contributed by atoms with Gasteiger partial charge in [-0.15, -0.1) is 24.0 Å². The van der Waals surface area contributed by atoms with Crippen molar-refractivity contribution in [2.75, 3.05) is 26.9 Å². The third-order valence-corrected chi connectivity index (χ3v) is 4.05. The molecule has 7 heteroatoms. The quantitative estimate of drug-likeness (QED) is 0.281. The first-order valence-corrected chi connectivity index (χ1v) is 9.15. The minimum absolute atomic E-state index is 0. The summed E-state index contributed by atoms with van der Waals surface area (Å²) in [5, 5.41) is 15.5. The number of aliphatic imine (C=N–C) groups is 1. The molecule has 0 saturated carbocycles. The lowest BCUT2D eigenvalue weighted by atomic mass is 10.1. The smallest absolute Gasteiger partial charge is 0.191 e. The van der Waals surface area contributed by atoms with E-state index in [4.69, 9.17) is 14.6 Å². The lowest BCUT2D eigenvalue weighted by Gasteiger charge is -2.13. The van der Waals surface area contributed by atoms with Gasteiger partial charge in [-0.05, 0) is 42.7 Å². The highest BCUT2D eigenvalue weighted by molar-refractivity contribution is 14.0. The van der Waals surface area contributed by atoms with Crippen molar-refractivity contribution in [2.45, 2.75) is 26.9 Å². The number of halogens is 1. The Hall–Kier alpha value is -2.00. The molecule has 0 aliphatic heterocycles. The largest absolute Gasteiger partial charge is 0.493 e. The number of nitrogens with one attached hydrogen (secondary N) is 2. The van der Waals surface area contributed by atoms with Gasteiger partial charge >= 0.3 is 0 Å². The zero-order chi connectivity index (χ0) is 19.5. The Balaban J connectivity index is 0.00000392. The minimum atomic E-state index is -0.0339. The van der Waals surface area contributed by atoms with E-state index in [1.165, 1.54) is 11.1 Å². The van der Waals surface area contributed by atoms with Crippen LogP contribution in [0.1, 0.15) is 23.6 Å². The molecule has 2 rings (SSSR count). The number of aliphatic hydroxyl groups excluding tert-OH is 1. The van der Waals surface area contributed by atoms with Crippen LogP contribution in [0.3, 0.4) is 0 Å². The summed E-state index contributed by atoms with van der Waals surface area (Å²) in [5.74, 6) is 2.01. The summed E-state index contributed by atoms with van der Waals surface area (Å²) < 4.78 is 10.8. The van der Waals surface area contributed by atoms with Gasteiger partial charge in [-0.2, -0.15) is 0 Å². The van der Waals surface area contributed by atoms with E-state index in [1.807, 2.05) is 37.3 Å². The van der Waals surface area contributed by atoms with E-state index in [1.54, 1.807) is 7.11 Å². The molecule has 0 aliphatic carbocycles. The van der Waals surface area contributed by atoms with Crippen molar-refractivity contribution in [1.29, 1.82) is 0 Å². The molecule has 28 heavy (non-hydrogen) atoms. The molecule has 0 amide bonds. The molecule has 0 aromatic heterocycles. The highest BCUT2D eigenvalue weighted by atomic mass is 127. The zero-order valence-corrected chi connectivity index (χ0v) is 19.0. The van der Waals surface area contributed by atoms with E-state index in [-0.39, 0.29) is 37.2 Å². The maximum Gasteiger partial charge on any atom is 0.191 e. The van der Waals surface area contributed by atoms with Crippen molar-refractivity contribution >= 4 is 29.9 Å². The van der Waals surface area contributed by atoms with Crippen molar-refractivity contribution in [3.63, 3.8) is 0 Å². The van der Waals surface area contributed by atoms with Crippen molar-refractivity contribution < 1.29 is 14.6 Å². The zero-order valence-electron chi connectivity index (χ0n) is 16.7. The number of hydrogen-bond acceptors (Lipinski definition) is 4. The van der Waals surface area contributed by atoms with Gasteiger partial charge in [0.2, 0.25) is 0 Å². The third kappa shape index (κ3) is 7.55. The predicted molar refractivity (Wildman–Crippen MR) is 124 cm³/mol. The Morgan fingerprint density at radius 2 is 1.89 bits per heavy atom. The fraction of sp³-hybridized carbons (Fsp3) is 0.381. The van der Waals surface area contributed by atoms with Crippen molar-refractivity contribution in [3.05, 3.63) is 59.2 Å². The van der Waals surface area contributed by atoms with Crippen molar-refractivity contribution in [3.8, 4) is 11.5 Å². The standard InChI is InChI=1S/C21H29N3O3.HI/c1-4-22-21(24-15-18-8-6-5-7-16(18)2)23-14-17-9-10-19(27-12-11-25)20(13-17)26-3;/h5-10,13,25H,4,11-12,14-15H2,1-3H3,(H2,22,23,24);1H. The maximum atomic E-state index is 8.89. The van der Waals surface area contributed by atoms with Gasteiger partial charge in [0.15, 0.2) is 17.5 Å². The molecule has 0 fully saturated rings. The number of nitrogens with zero attached hydrogens (tertiary/aromatic N) is 1. The lowest BCUT2D eigenvalue weighted by molar-refractivity contribution is 0.196. The van der Waals surface area contributed by atoms with Gasteiger partial charge in [-0.1, -0.05) is 30.3 Å². The topological polar surface area (TPSA) is 75.1 Å². The summed E-state index contributed by atoms with van der Waals surface area (Å²) in [4.78, 5) is 4.65. The number of hydrogen-bond donors (Lipinski definition) is 3. The van der Waals surface area contributed by atoms with E-state index in [0.29, 0.717) is 18.0 Å². The number of methoxy groups -OCH3 is 1. The van der Waals surface area contributed by atoms with Gasteiger partial charge in [-0.3, -0.25) is 0 Å². The monoisotopic (exact) mass is 499 g/mol. The number of aryl methyl sites for hydroxylation is 1. The first-order valence-electron chi connectivity index (χ1n) is 9.15. The molecule has 2 aromatic carbocycles. The van der Waals surface area contributed by atoms with E-state index in [0.717, 1.165) is 24.6 Å².